The molecule has 1 rings (SSSR count). The molecule has 0 aliphatic heterocycles. The number of aromatic carboxylic acids is 1. The van der Waals surface area contributed by atoms with Crippen LogP contribution in [0.1, 0.15) is 91.8 Å². The Bertz CT molecular complexity index is 563. The molecule has 0 aromatic heterocycles. The molecular weight excluding hydrogens is 328 g/mol. The molecule has 1 aromatic carbocycles. The zero-order chi connectivity index (χ0) is 19.0. The number of carbonyl (C=O) groups excluding carboxylic acids is 1. The summed E-state index contributed by atoms with van der Waals surface area (Å²) in [7, 11) is 0. The Morgan fingerprint density at radius 1 is 0.885 bits per heavy atom. The van der Waals surface area contributed by atoms with Crippen molar-refractivity contribution in [1.82, 2.24) is 0 Å². The van der Waals surface area contributed by atoms with Crippen LogP contribution in [-0.4, -0.2) is 23.7 Å². The van der Waals surface area contributed by atoms with Crippen molar-refractivity contribution in [3.8, 4) is 0 Å². The number of allylic oxidation sites excluding steroid dienone is 2. The van der Waals surface area contributed by atoms with Gasteiger partial charge in [0.15, 0.2) is 0 Å². The second-order valence-corrected chi connectivity index (χ2v) is 6.51. The van der Waals surface area contributed by atoms with Crippen LogP contribution in [0.15, 0.2) is 36.4 Å². The normalized spacial score (nSPS) is 11.0. The molecule has 0 spiro atoms. The molecule has 0 aliphatic carbocycles. The lowest BCUT2D eigenvalue weighted by molar-refractivity contribution is 0.0487. The van der Waals surface area contributed by atoms with Crippen molar-refractivity contribution in [2.24, 2.45) is 0 Å². The zero-order valence-electron chi connectivity index (χ0n) is 15.9. The molecule has 4 heteroatoms. The van der Waals surface area contributed by atoms with E-state index in [2.05, 4.69) is 19.1 Å². The van der Waals surface area contributed by atoms with E-state index in [0.29, 0.717) is 6.61 Å². The first-order chi connectivity index (χ1) is 12.7. The number of carboxylic acid groups (broad SMARTS) is 1. The Morgan fingerprint density at radius 2 is 1.46 bits per heavy atom. The largest absolute Gasteiger partial charge is 0.478 e. The van der Waals surface area contributed by atoms with E-state index >= 15 is 0 Å². The van der Waals surface area contributed by atoms with Gasteiger partial charge in [-0.15, -0.1) is 0 Å². The van der Waals surface area contributed by atoms with E-state index in [-0.39, 0.29) is 11.1 Å². The number of unbranched alkanes of at least 4 members (excludes halogenated alkanes) is 8. The van der Waals surface area contributed by atoms with Crippen LogP contribution in [-0.2, 0) is 4.74 Å². The van der Waals surface area contributed by atoms with Crippen LogP contribution < -0.4 is 0 Å². The minimum atomic E-state index is -1.11. The van der Waals surface area contributed by atoms with Gasteiger partial charge in [-0.2, -0.15) is 0 Å². The summed E-state index contributed by atoms with van der Waals surface area (Å²) in [6.07, 6.45) is 16.2. The van der Waals surface area contributed by atoms with E-state index in [1.165, 1.54) is 50.7 Å². The first-order valence-electron chi connectivity index (χ1n) is 9.81. The highest BCUT2D eigenvalue weighted by molar-refractivity contribution is 6.02. The molecule has 0 unspecified atom stereocenters. The van der Waals surface area contributed by atoms with Crippen molar-refractivity contribution in [2.45, 2.75) is 71.1 Å². The Kier molecular flexibility index (Phi) is 11.9. The number of rotatable bonds is 14. The van der Waals surface area contributed by atoms with Crippen molar-refractivity contribution in [3.05, 3.63) is 47.5 Å². The number of ether oxygens (including phenoxy) is 1. The molecular formula is C22H32O4. The van der Waals surface area contributed by atoms with Gasteiger partial charge in [-0.3, -0.25) is 0 Å². The molecule has 144 valence electrons. The van der Waals surface area contributed by atoms with Crippen LogP contribution in [0.3, 0.4) is 0 Å². The fourth-order valence-corrected chi connectivity index (χ4v) is 2.73. The molecule has 1 N–H and O–H groups in total. The van der Waals surface area contributed by atoms with Gasteiger partial charge in [-0.25, -0.2) is 9.59 Å². The standard InChI is InChI=1S/C22H32O4/c1-2-3-4-5-6-7-8-9-10-11-12-15-18-26-22(25)20-17-14-13-16-19(20)21(23)24/h6-7,13-14,16-17H,2-5,8-12,15,18H2,1H3,(H,23,24)/b7-6+. The summed E-state index contributed by atoms with van der Waals surface area (Å²) in [6.45, 7) is 2.56. The average molecular weight is 360 g/mol. The maximum absolute atomic E-state index is 12.0. The maximum Gasteiger partial charge on any atom is 0.339 e. The Morgan fingerprint density at radius 3 is 2.12 bits per heavy atom. The van der Waals surface area contributed by atoms with Crippen LogP contribution in [0.5, 0.6) is 0 Å². The lowest BCUT2D eigenvalue weighted by Gasteiger charge is -2.07. The highest BCUT2D eigenvalue weighted by Crippen LogP contribution is 2.12. The fourth-order valence-electron chi connectivity index (χ4n) is 2.73. The SMILES string of the molecule is CCCCC/C=C/CCCCCCCOC(=O)c1ccccc1C(=O)O. The molecule has 26 heavy (non-hydrogen) atoms. The Balaban J connectivity index is 2.06. The lowest BCUT2D eigenvalue weighted by atomic mass is 10.1. The van der Waals surface area contributed by atoms with Crippen LogP contribution >= 0.6 is 0 Å². The van der Waals surface area contributed by atoms with Gasteiger partial charge < -0.3 is 9.84 Å². The van der Waals surface area contributed by atoms with Crippen molar-refractivity contribution >= 4 is 11.9 Å². The molecule has 0 fully saturated rings. The average Bonchev–Trinajstić information content (AvgIpc) is 2.65. The molecule has 0 saturated carbocycles. The van der Waals surface area contributed by atoms with Gasteiger partial charge in [-0.1, -0.05) is 63.3 Å². The smallest absolute Gasteiger partial charge is 0.339 e. The number of carbonyl (C=O) groups is 2. The highest BCUT2D eigenvalue weighted by Gasteiger charge is 2.16. The minimum absolute atomic E-state index is 0.0137. The first kappa shape index (κ1) is 21.9. The number of benzene rings is 1. The fraction of sp³-hybridized carbons (Fsp3) is 0.545. The highest BCUT2D eigenvalue weighted by atomic mass is 16.5. The Hall–Kier alpha value is -2.10. The van der Waals surface area contributed by atoms with E-state index in [1.54, 1.807) is 12.1 Å². The molecule has 4 nitrogen and oxygen atoms in total. The summed E-state index contributed by atoms with van der Waals surface area (Å²) in [4.78, 5) is 23.1. The van der Waals surface area contributed by atoms with E-state index < -0.39 is 11.9 Å². The molecule has 0 aliphatic rings. The van der Waals surface area contributed by atoms with E-state index in [9.17, 15) is 9.59 Å². The summed E-state index contributed by atoms with van der Waals surface area (Å²) in [6, 6.07) is 6.14. The van der Waals surface area contributed by atoms with Crippen molar-refractivity contribution < 1.29 is 19.4 Å². The van der Waals surface area contributed by atoms with E-state index in [0.717, 1.165) is 25.7 Å². The van der Waals surface area contributed by atoms with Crippen LogP contribution in [0.4, 0.5) is 0 Å². The van der Waals surface area contributed by atoms with E-state index in [4.69, 9.17) is 9.84 Å². The summed E-state index contributed by atoms with van der Waals surface area (Å²) < 4.78 is 5.20. The molecule has 0 radical (unpaired) electrons. The molecule has 0 heterocycles. The third kappa shape index (κ3) is 9.40. The molecule has 0 amide bonds. The summed E-state index contributed by atoms with van der Waals surface area (Å²) in [5.41, 5.74) is 0.103. The second-order valence-electron chi connectivity index (χ2n) is 6.51. The molecule has 0 saturated heterocycles. The Labute approximate surface area is 157 Å². The quantitative estimate of drug-likeness (QED) is 0.250. The predicted octanol–water partition coefficient (Wildman–Crippen LogP) is 6.02. The van der Waals surface area contributed by atoms with Crippen LogP contribution in [0.2, 0.25) is 0 Å². The number of esters is 1. The molecule has 0 atom stereocenters. The van der Waals surface area contributed by atoms with Gasteiger partial charge in [-0.05, 0) is 44.2 Å². The van der Waals surface area contributed by atoms with Crippen LogP contribution in [0, 0.1) is 0 Å². The molecule has 0 bridgehead atoms. The van der Waals surface area contributed by atoms with Gasteiger partial charge in [0, 0.05) is 0 Å². The topological polar surface area (TPSA) is 63.6 Å². The van der Waals surface area contributed by atoms with Crippen molar-refractivity contribution in [2.75, 3.05) is 6.61 Å². The van der Waals surface area contributed by atoms with Gasteiger partial charge in [0.1, 0.15) is 0 Å². The number of hydrogen-bond acceptors (Lipinski definition) is 3. The van der Waals surface area contributed by atoms with Crippen molar-refractivity contribution in [3.63, 3.8) is 0 Å². The maximum atomic E-state index is 12.0. The predicted molar refractivity (Wildman–Crippen MR) is 105 cm³/mol. The van der Waals surface area contributed by atoms with Gasteiger partial charge in [0.25, 0.3) is 0 Å². The second kappa shape index (κ2) is 14.1. The van der Waals surface area contributed by atoms with Crippen molar-refractivity contribution in [1.29, 1.82) is 0 Å². The summed E-state index contributed by atoms with van der Waals surface area (Å²) >= 11 is 0. The zero-order valence-corrected chi connectivity index (χ0v) is 15.9. The van der Waals surface area contributed by atoms with Gasteiger partial charge >= 0.3 is 11.9 Å². The number of hydrogen-bond donors (Lipinski definition) is 1. The monoisotopic (exact) mass is 360 g/mol. The van der Waals surface area contributed by atoms with Crippen LogP contribution in [0.25, 0.3) is 0 Å². The third-order valence-electron chi connectivity index (χ3n) is 4.27. The van der Waals surface area contributed by atoms with Gasteiger partial charge in [0.05, 0.1) is 17.7 Å². The first-order valence-corrected chi connectivity index (χ1v) is 9.81. The number of carboxylic acids is 1. The van der Waals surface area contributed by atoms with Gasteiger partial charge in [0.2, 0.25) is 0 Å². The lowest BCUT2D eigenvalue weighted by Crippen LogP contribution is -2.12. The summed E-state index contributed by atoms with van der Waals surface area (Å²) in [5, 5.41) is 9.09. The third-order valence-corrected chi connectivity index (χ3v) is 4.27. The minimum Gasteiger partial charge on any atom is -0.478 e. The van der Waals surface area contributed by atoms with E-state index in [1.807, 2.05) is 0 Å². The summed E-state index contributed by atoms with van der Waals surface area (Å²) in [5.74, 6) is -1.67. The molecule has 1 aromatic rings.